The van der Waals surface area contributed by atoms with E-state index in [-0.39, 0.29) is 31.5 Å². The lowest BCUT2D eigenvalue weighted by Crippen LogP contribution is -2.33. The first kappa shape index (κ1) is 10.7. The molecule has 2 rings (SSSR count). The maximum Gasteiger partial charge on any atom is 0.508 e. The van der Waals surface area contributed by atoms with Crippen molar-refractivity contribution in [3.63, 3.8) is 0 Å². The smallest absolute Gasteiger partial charge is 0.430 e. The number of aliphatic hydroxyl groups excluding tert-OH is 2. The molecule has 86 valence electrons. The van der Waals surface area contributed by atoms with Crippen molar-refractivity contribution in [3.8, 4) is 0 Å². The zero-order valence-electron chi connectivity index (χ0n) is 8.17. The molecule has 0 radical (unpaired) electrons. The summed E-state index contributed by atoms with van der Waals surface area (Å²) < 4.78 is 15.0. The number of cyclic esters (lactones) is 2. The third-order valence-corrected chi connectivity index (χ3v) is 2.73. The van der Waals surface area contributed by atoms with Gasteiger partial charge in [-0.3, -0.25) is 0 Å². The van der Waals surface area contributed by atoms with Gasteiger partial charge in [0.1, 0.15) is 12.7 Å². The molecule has 2 aliphatic rings. The van der Waals surface area contributed by atoms with Gasteiger partial charge < -0.3 is 24.4 Å². The van der Waals surface area contributed by atoms with Gasteiger partial charge in [0.2, 0.25) is 0 Å². The minimum absolute atomic E-state index is 0.200. The second-order valence-electron chi connectivity index (χ2n) is 3.76. The van der Waals surface area contributed by atoms with E-state index in [0.29, 0.717) is 12.8 Å². The first-order valence-electron chi connectivity index (χ1n) is 4.98. The molecule has 0 bridgehead atoms. The van der Waals surface area contributed by atoms with E-state index in [1.807, 2.05) is 0 Å². The summed E-state index contributed by atoms with van der Waals surface area (Å²) in [6.07, 6.45) is -1.18. The molecule has 0 amide bonds. The van der Waals surface area contributed by atoms with Crippen molar-refractivity contribution in [1.29, 1.82) is 0 Å². The highest BCUT2D eigenvalue weighted by molar-refractivity contribution is 5.61. The SMILES string of the molecule is O=C1OC[C@@H]([C@H]2CCC(C(O)CO)O2)O1. The van der Waals surface area contributed by atoms with Crippen LogP contribution in [0, 0.1) is 0 Å². The number of aliphatic hydroxyl groups is 2. The molecule has 2 unspecified atom stereocenters. The Morgan fingerprint density at radius 3 is 2.80 bits per heavy atom. The molecule has 0 aromatic rings. The molecule has 2 fully saturated rings. The molecule has 0 aromatic carbocycles. The maximum atomic E-state index is 10.7. The van der Waals surface area contributed by atoms with Gasteiger partial charge in [-0.25, -0.2) is 4.79 Å². The fourth-order valence-corrected chi connectivity index (χ4v) is 1.89. The van der Waals surface area contributed by atoms with Gasteiger partial charge >= 0.3 is 6.16 Å². The van der Waals surface area contributed by atoms with Crippen LogP contribution in [0.1, 0.15) is 12.8 Å². The van der Waals surface area contributed by atoms with Gasteiger partial charge in [0.05, 0.1) is 18.8 Å². The molecule has 2 aliphatic heterocycles. The standard InChI is InChI=1S/C9H14O6/c10-3-5(11)6-1-2-7(14-6)8-4-13-9(12)15-8/h5-8,10-11H,1-4H2/t5?,6?,7-,8+/m1/s1. The summed E-state index contributed by atoms with van der Waals surface area (Å²) in [5.41, 5.74) is 0. The zero-order chi connectivity index (χ0) is 10.8. The number of rotatable bonds is 3. The fraction of sp³-hybridized carbons (Fsp3) is 0.889. The van der Waals surface area contributed by atoms with Crippen LogP contribution in [-0.4, -0.2) is 54.0 Å². The van der Waals surface area contributed by atoms with E-state index >= 15 is 0 Å². The molecule has 2 heterocycles. The third kappa shape index (κ3) is 2.22. The Hall–Kier alpha value is -0.850. The van der Waals surface area contributed by atoms with Crippen molar-refractivity contribution in [3.05, 3.63) is 0 Å². The van der Waals surface area contributed by atoms with Gasteiger partial charge in [0.25, 0.3) is 0 Å². The quantitative estimate of drug-likeness (QED) is 0.616. The molecule has 6 heteroatoms. The molecule has 0 spiro atoms. The van der Waals surface area contributed by atoms with E-state index in [1.165, 1.54) is 0 Å². The number of carbonyl (C=O) groups is 1. The van der Waals surface area contributed by atoms with Gasteiger partial charge in [-0.15, -0.1) is 0 Å². The molecule has 2 N–H and O–H groups in total. The summed E-state index contributed by atoms with van der Waals surface area (Å²) >= 11 is 0. The average Bonchev–Trinajstić information content (AvgIpc) is 2.84. The van der Waals surface area contributed by atoms with Crippen LogP contribution >= 0.6 is 0 Å². The van der Waals surface area contributed by atoms with Crippen molar-refractivity contribution in [2.24, 2.45) is 0 Å². The molecule has 0 aromatic heterocycles. The molecule has 0 aliphatic carbocycles. The maximum absolute atomic E-state index is 10.7. The minimum atomic E-state index is -0.868. The van der Waals surface area contributed by atoms with Gasteiger partial charge in [-0.05, 0) is 12.8 Å². The van der Waals surface area contributed by atoms with Gasteiger partial charge in [0, 0.05) is 0 Å². The Balaban J connectivity index is 1.84. The van der Waals surface area contributed by atoms with Crippen molar-refractivity contribution < 1.29 is 29.2 Å². The number of hydrogen-bond acceptors (Lipinski definition) is 6. The third-order valence-electron chi connectivity index (χ3n) is 2.73. The van der Waals surface area contributed by atoms with E-state index in [4.69, 9.17) is 14.6 Å². The van der Waals surface area contributed by atoms with Crippen molar-refractivity contribution in [2.75, 3.05) is 13.2 Å². The first-order valence-corrected chi connectivity index (χ1v) is 4.98. The summed E-state index contributed by atoms with van der Waals surface area (Å²) in [7, 11) is 0. The lowest BCUT2D eigenvalue weighted by Gasteiger charge is -2.19. The van der Waals surface area contributed by atoms with Crippen LogP contribution in [0.25, 0.3) is 0 Å². The zero-order valence-corrected chi connectivity index (χ0v) is 8.17. The molecular formula is C9H14O6. The Morgan fingerprint density at radius 1 is 1.40 bits per heavy atom. The van der Waals surface area contributed by atoms with Crippen LogP contribution in [-0.2, 0) is 14.2 Å². The Bertz CT molecular complexity index is 243. The topological polar surface area (TPSA) is 85.2 Å². The van der Waals surface area contributed by atoms with Gasteiger partial charge in [-0.1, -0.05) is 0 Å². The second kappa shape index (κ2) is 4.34. The number of ether oxygens (including phenoxy) is 3. The van der Waals surface area contributed by atoms with E-state index in [9.17, 15) is 9.90 Å². The van der Waals surface area contributed by atoms with Crippen molar-refractivity contribution in [1.82, 2.24) is 0 Å². The van der Waals surface area contributed by atoms with Crippen LogP contribution < -0.4 is 0 Å². The second-order valence-corrected chi connectivity index (χ2v) is 3.76. The highest BCUT2D eigenvalue weighted by Gasteiger charge is 2.40. The molecule has 4 atom stereocenters. The largest absolute Gasteiger partial charge is 0.508 e. The van der Waals surface area contributed by atoms with E-state index in [2.05, 4.69) is 4.74 Å². The predicted octanol–water partition coefficient (Wildman–Crippen LogP) is -0.577. The van der Waals surface area contributed by atoms with Crippen LogP contribution in [0.4, 0.5) is 4.79 Å². The van der Waals surface area contributed by atoms with E-state index in [0.717, 1.165) is 0 Å². The summed E-state index contributed by atoms with van der Waals surface area (Å²) in [6, 6.07) is 0. The lowest BCUT2D eigenvalue weighted by atomic mass is 10.1. The normalized spacial score (nSPS) is 37.5. The number of hydrogen-bond donors (Lipinski definition) is 2. The molecular weight excluding hydrogens is 204 g/mol. The highest BCUT2D eigenvalue weighted by atomic mass is 16.8. The predicted molar refractivity (Wildman–Crippen MR) is 47.2 cm³/mol. The first-order chi connectivity index (χ1) is 7.20. The van der Waals surface area contributed by atoms with E-state index < -0.39 is 12.3 Å². The van der Waals surface area contributed by atoms with Crippen molar-refractivity contribution in [2.45, 2.75) is 37.3 Å². The van der Waals surface area contributed by atoms with Gasteiger partial charge in [-0.2, -0.15) is 0 Å². The molecule has 6 nitrogen and oxygen atoms in total. The Kier molecular flexibility index (Phi) is 3.08. The Labute approximate surface area is 86.7 Å². The van der Waals surface area contributed by atoms with E-state index in [1.54, 1.807) is 0 Å². The van der Waals surface area contributed by atoms with Gasteiger partial charge in [0.15, 0.2) is 6.10 Å². The Morgan fingerprint density at radius 2 is 2.20 bits per heavy atom. The number of carbonyl (C=O) groups excluding carboxylic acids is 1. The van der Waals surface area contributed by atoms with Crippen LogP contribution in [0.3, 0.4) is 0 Å². The lowest BCUT2D eigenvalue weighted by molar-refractivity contribution is -0.0798. The average molecular weight is 218 g/mol. The molecule has 0 saturated carbocycles. The summed E-state index contributed by atoms with van der Waals surface area (Å²) in [6.45, 7) is -0.121. The minimum Gasteiger partial charge on any atom is -0.430 e. The van der Waals surface area contributed by atoms with Crippen LogP contribution in [0.5, 0.6) is 0 Å². The highest BCUT2D eigenvalue weighted by Crippen LogP contribution is 2.27. The van der Waals surface area contributed by atoms with Crippen LogP contribution in [0.2, 0.25) is 0 Å². The fourth-order valence-electron chi connectivity index (χ4n) is 1.89. The monoisotopic (exact) mass is 218 g/mol. The summed E-state index contributed by atoms with van der Waals surface area (Å²) in [5.74, 6) is 0. The summed E-state index contributed by atoms with van der Waals surface area (Å²) in [4.78, 5) is 10.7. The van der Waals surface area contributed by atoms with Crippen molar-refractivity contribution >= 4 is 6.16 Å². The summed E-state index contributed by atoms with van der Waals surface area (Å²) in [5, 5.41) is 18.1. The van der Waals surface area contributed by atoms with Crippen LogP contribution in [0.15, 0.2) is 0 Å². The molecule has 15 heavy (non-hydrogen) atoms. The molecule has 2 saturated heterocycles.